The summed E-state index contributed by atoms with van der Waals surface area (Å²) >= 11 is -4.14. The molecule has 23 heteroatoms. The van der Waals surface area contributed by atoms with Crippen LogP contribution >= 0.6 is 0 Å². The molecule has 0 fully saturated rings. The molecule has 0 amide bonds. The summed E-state index contributed by atoms with van der Waals surface area (Å²) in [6.45, 7) is 0. The van der Waals surface area contributed by atoms with Crippen LogP contribution in [0.1, 0.15) is 0 Å². The van der Waals surface area contributed by atoms with Crippen LogP contribution in [0.25, 0.3) is 0 Å². The van der Waals surface area contributed by atoms with E-state index in [1.807, 2.05) is 0 Å². The van der Waals surface area contributed by atoms with Gasteiger partial charge in [-0.1, -0.05) is 0 Å². The van der Waals surface area contributed by atoms with Gasteiger partial charge in [0.15, 0.2) is 0 Å². The largest absolute Gasteiger partial charge is 0 e. The summed E-state index contributed by atoms with van der Waals surface area (Å²) in [4.78, 5) is 63.8. The Morgan fingerprint density at radius 3 is 0.567 bits per heavy atom. The third-order valence-electron chi connectivity index (χ3n) is 0.458. The molecule has 0 aliphatic carbocycles. The molecule has 0 aromatic heterocycles. The summed E-state index contributed by atoms with van der Waals surface area (Å²) in [5.74, 6) is 0. The number of hydrogen-bond donors (Lipinski definition) is 11. The van der Waals surface area contributed by atoms with E-state index in [9.17, 15) is 14.4 Å². The van der Waals surface area contributed by atoms with Crippen molar-refractivity contribution in [3.05, 3.63) is 0 Å². The van der Waals surface area contributed by atoms with Crippen LogP contribution < -0.4 is 0 Å². The summed E-state index contributed by atoms with van der Waals surface area (Å²) in [6.07, 6.45) is -12.9. The predicted molar refractivity (Wildman–Crippen MR) is 75.7 cm³/mol. The van der Waals surface area contributed by atoms with Crippen molar-refractivity contribution >= 4 is 64.6 Å². The molecular formula is C7H11MoO21Sb. The number of hydrogen-bond acceptors (Lipinski definition) is 10. The monoisotopic (exact) mass is 650 g/mol. The van der Waals surface area contributed by atoms with Crippen molar-refractivity contribution in [2.24, 2.45) is 0 Å². The summed E-state index contributed by atoms with van der Waals surface area (Å²) in [5.41, 5.74) is 0. The minimum atomic E-state index is -4.14. The van der Waals surface area contributed by atoms with E-state index >= 15 is 0 Å². The van der Waals surface area contributed by atoms with E-state index in [2.05, 4.69) is 9.05 Å². The second-order valence-corrected chi connectivity index (χ2v) is 5.27. The molecule has 0 bridgehead atoms. The van der Waals surface area contributed by atoms with Gasteiger partial charge in [0.05, 0.1) is 0 Å². The normalized spacial score (nSPS) is 7.10. The number of rotatable bonds is 3. The Bertz CT molecular complexity index is 441. The molecule has 0 saturated heterocycles. The van der Waals surface area contributed by atoms with E-state index in [1.54, 1.807) is 0 Å². The molecule has 21 nitrogen and oxygen atoms in total. The molecule has 30 heavy (non-hydrogen) atoms. The smallest absolute Gasteiger partial charge is 0 e. The van der Waals surface area contributed by atoms with Gasteiger partial charge >= 0.3 is 103 Å². The van der Waals surface area contributed by atoms with E-state index < -0.39 is 64.6 Å². The van der Waals surface area contributed by atoms with Crippen LogP contribution in [-0.4, -0.2) is 121 Å². The fraction of sp³-hybridized carbons (Fsp3) is 0. The van der Waals surface area contributed by atoms with Crippen LogP contribution in [0.4, 0.5) is 33.6 Å². The first kappa shape index (κ1) is 40.9. The van der Waals surface area contributed by atoms with Crippen molar-refractivity contribution < 1.29 is 120 Å². The van der Waals surface area contributed by atoms with Crippen LogP contribution in [-0.2, 0) is 30.1 Å². The topological polar surface area (TPSA) is 370 Å². The van der Waals surface area contributed by atoms with Gasteiger partial charge in [0.1, 0.15) is 0 Å². The quantitative estimate of drug-likeness (QED) is 0.189. The molecule has 0 spiro atoms. The van der Waals surface area contributed by atoms with Gasteiger partial charge < -0.3 is 40.9 Å². The van der Waals surface area contributed by atoms with Crippen molar-refractivity contribution in [1.82, 2.24) is 0 Å². The molecule has 0 radical (unpaired) electrons. The molecule has 0 atom stereocenters. The minimum Gasteiger partial charge on any atom is 0 e. The molecule has 0 aromatic carbocycles. The van der Waals surface area contributed by atoms with Gasteiger partial charge in [-0.25, -0.2) is 19.2 Å². The molecule has 0 aromatic rings. The molecular weight excluding hydrogens is 638 g/mol. The first-order valence-electron chi connectivity index (χ1n) is 5.05. The Morgan fingerprint density at radius 2 is 0.500 bits per heavy atom. The fourth-order valence-corrected chi connectivity index (χ4v) is 1.66. The maximum atomic E-state index is 9.85. The van der Waals surface area contributed by atoms with E-state index in [0.717, 1.165) is 0 Å². The maximum Gasteiger partial charge on any atom is 0 e. The van der Waals surface area contributed by atoms with Crippen molar-refractivity contribution in [3.8, 4) is 0 Å². The van der Waals surface area contributed by atoms with E-state index in [-0.39, 0.29) is 21.1 Å². The molecule has 0 saturated carbocycles. The summed E-state index contributed by atoms with van der Waals surface area (Å²) in [6, 6.07) is 0. The third-order valence-corrected chi connectivity index (χ3v) is 3.07. The molecule has 0 rings (SSSR count). The summed E-state index contributed by atoms with van der Waals surface area (Å²) in [5, 5.41) is 79.7. The molecule has 176 valence electrons. The van der Waals surface area contributed by atoms with Gasteiger partial charge in [0, 0.05) is 21.1 Å². The second-order valence-electron chi connectivity index (χ2n) is 2.43. The zero-order valence-corrected chi connectivity index (χ0v) is 17.9. The number of carbonyl (C=O) groups is 7. The van der Waals surface area contributed by atoms with E-state index in [1.165, 1.54) is 0 Å². The van der Waals surface area contributed by atoms with Crippen LogP contribution in [0.2, 0.25) is 0 Å². The van der Waals surface area contributed by atoms with Gasteiger partial charge in [-0.15, -0.1) is 0 Å². The van der Waals surface area contributed by atoms with Gasteiger partial charge in [-0.3, -0.25) is 0 Å². The molecule has 0 aliphatic rings. The maximum absolute atomic E-state index is 9.85. The van der Waals surface area contributed by atoms with E-state index in [0.29, 0.717) is 0 Å². The Labute approximate surface area is 184 Å². The van der Waals surface area contributed by atoms with Gasteiger partial charge in [-0.05, 0) is 0 Å². The minimum absolute atomic E-state index is 0. The SMILES string of the molecule is O=C(O)O.O=C(O)O.O=C(O)O.O=C(O)O.O=C(O)[O][Sb]([O]C(=O)O)[O]C(=O)O.[Mo]. The number of carboxylic acid groups (broad SMARTS) is 11. The zero-order chi connectivity index (χ0) is 24.7. The van der Waals surface area contributed by atoms with Crippen LogP contribution in [0.15, 0.2) is 0 Å². The van der Waals surface area contributed by atoms with Gasteiger partial charge in [0.25, 0.3) is 0 Å². The van der Waals surface area contributed by atoms with Crippen molar-refractivity contribution in [2.75, 3.05) is 0 Å². The average Bonchev–Trinajstić information content (AvgIpc) is 2.32. The Balaban J connectivity index is -0.0000000700. The molecule has 0 heterocycles. The fourth-order valence-electron chi connectivity index (χ4n) is 0.247. The Kier molecular flexibility index (Phi) is 37.7. The van der Waals surface area contributed by atoms with Crippen molar-refractivity contribution in [3.63, 3.8) is 0 Å². The van der Waals surface area contributed by atoms with Crippen molar-refractivity contribution in [2.45, 2.75) is 0 Å². The van der Waals surface area contributed by atoms with Gasteiger partial charge in [-0.2, -0.15) is 0 Å². The summed E-state index contributed by atoms with van der Waals surface area (Å²) in [7, 11) is 0. The first-order valence-corrected chi connectivity index (χ1v) is 8.18. The van der Waals surface area contributed by atoms with Crippen LogP contribution in [0.5, 0.6) is 0 Å². The molecule has 0 aliphatic heterocycles. The second kappa shape index (κ2) is 27.6. The van der Waals surface area contributed by atoms with Crippen LogP contribution in [0, 0.1) is 0 Å². The molecule has 11 N–H and O–H groups in total. The average molecular weight is 649 g/mol. The van der Waals surface area contributed by atoms with Gasteiger partial charge in [0.2, 0.25) is 0 Å². The third kappa shape index (κ3) is 189. The molecule has 0 unspecified atom stereocenters. The zero-order valence-electron chi connectivity index (χ0n) is 13.4. The standard InChI is InChI=1S/7CH2O3.Mo.Sb/c7*2-1(3)4;;/h7*(H2,2,3,4);;/q;;;;;;;;+3/p-3. The van der Waals surface area contributed by atoms with Crippen LogP contribution in [0.3, 0.4) is 0 Å². The summed E-state index contributed by atoms with van der Waals surface area (Å²) < 4.78 is 11.3. The Morgan fingerprint density at radius 1 is 0.400 bits per heavy atom. The first-order chi connectivity index (χ1) is 12.8. The van der Waals surface area contributed by atoms with Crippen molar-refractivity contribution in [1.29, 1.82) is 0 Å². The van der Waals surface area contributed by atoms with E-state index in [4.69, 9.17) is 75.3 Å². The predicted octanol–water partition coefficient (Wildman–Crippen LogP) is 0.942. The Hall–Kier alpha value is -3.60.